The van der Waals surface area contributed by atoms with Crippen molar-refractivity contribution in [2.75, 3.05) is 47.2 Å². The number of amides is 1. The molecule has 2 aromatic carbocycles. The van der Waals surface area contributed by atoms with E-state index in [0.717, 1.165) is 11.1 Å². The van der Waals surface area contributed by atoms with Crippen molar-refractivity contribution >= 4 is 5.91 Å². The molecule has 8 heteroatoms. The largest absolute Gasteiger partial charge is 0.493 e. The molecule has 31 heavy (non-hydrogen) atoms. The van der Waals surface area contributed by atoms with E-state index in [1.807, 2.05) is 25.1 Å². The molecular weight excluding hydrogens is 402 g/mol. The number of rotatable bonds is 5. The van der Waals surface area contributed by atoms with Gasteiger partial charge in [0.05, 0.1) is 33.5 Å². The minimum Gasteiger partial charge on any atom is -0.493 e. The fourth-order valence-electron chi connectivity index (χ4n) is 4.12. The van der Waals surface area contributed by atoms with Gasteiger partial charge in [-0.1, -0.05) is 6.07 Å². The summed E-state index contributed by atoms with van der Waals surface area (Å²) in [5.41, 5.74) is 2.13. The van der Waals surface area contributed by atoms with Crippen LogP contribution in [0.2, 0.25) is 0 Å². The zero-order chi connectivity index (χ0) is 22.0. The number of hydrogen-bond acceptors (Lipinski definition) is 7. The van der Waals surface area contributed by atoms with Gasteiger partial charge < -0.3 is 33.7 Å². The van der Waals surface area contributed by atoms with E-state index in [2.05, 4.69) is 0 Å². The Bertz CT molecular complexity index is 961. The van der Waals surface area contributed by atoms with Gasteiger partial charge in [-0.2, -0.15) is 0 Å². The number of ether oxygens (including phenoxy) is 5. The number of fused-ring (bicyclic) bond motifs is 1. The summed E-state index contributed by atoms with van der Waals surface area (Å²) in [4.78, 5) is 15.4. The molecule has 0 saturated carbocycles. The van der Waals surface area contributed by atoms with Crippen LogP contribution in [0.25, 0.3) is 0 Å². The second-order valence-corrected chi connectivity index (χ2v) is 7.46. The average molecular weight is 429 g/mol. The molecule has 1 N–H and O–H groups in total. The summed E-state index contributed by atoms with van der Waals surface area (Å²) in [5, 5.41) is 9.98. The standard InChI is InChI=1S/C23H27NO7/c1-14-10-19-20(31-9-8-30-19)12-16(14)23(26)24-6-7-29-21(13-25)22(24)15-4-5-17(27-2)18(11-15)28-3/h4-5,10-12,21-22,25H,6-9,13H2,1-3H3/t21-,22-/m1/s1. The van der Waals surface area contributed by atoms with Crippen LogP contribution < -0.4 is 18.9 Å². The number of hydrogen-bond donors (Lipinski definition) is 1. The van der Waals surface area contributed by atoms with Crippen molar-refractivity contribution in [3.8, 4) is 23.0 Å². The molecule has 0 unspecified atom stereocenters. The molecule has 1 amide bonds. The van der Waals surface area contributed by atoms with Crippen LogP contribution in [0, 0.1) is 6.92 Å². The van der Waals surface area contributed by atoms with E-state index in [1.54, 1.807) is 31.3 Å². The number of carbonyl (C=O) groups excluding carboxylic acids is 1. The second kappa shape index (κ2) is 9.03. The summed E-state index contributed by atoms with van der Waals surface area (Å²) in [6, 6.07) is 8.55. The summed E-state index contributed by atoms with van der Waals surface area (Å²) in [5.74, 6) is 2.19. The molecule has 2 atom stereocenters. The lowest BCUT2D eigenvalue weighted by Crippen LogP contribution is -2.49. The normalized spacial score (nSPS) is 20.3. The monoisotopic (exact) mass is 429 g/mol. The SMILES string of the molecule is COc1ccc([C@@H]2[C@@H](CO)OCCN2C(=O)c2cc3c(cc2C)OCCO3)cc1OC. The third-order valence-electron chi connectivity index (χ3n) is 5.66. The summed E-state index contributed by atoms with van der Waals surface area (Å²) in [7, 11) is 3.13. The number of nitrogens with zero attached hydrogens (tertiary/aromatic N) is 1. The topological polar surface area (TPSA) is 86.7 Å². The fourth-order valence-corrected chi connectivity index (χ4v) is 4.12. The molecule has 2 aliphatic heterocycles. The van der Waals surface area contributed by atoms with Gasteiger partial charge in [0.2, 0.25) is 0 Å². The van der Waals surface area contributed by atoms with Crippen molar-refractivity contribution < 1.29 is 33.6 Å². The lowest BCUT2D eigenvalue weighted by atomic mass is 9.96. The van der Waals surface area contributed by atoms with Crippen LogP contribution >= 0.6 is 0 Å². The zero-order valence-electron chi connectivity index (χ0n) is 17.9. The van der Waals surface area contributed by atoms with Gasteiger partial charge >= 0.3 is 0 Å². The van der Waals surface area contributed by atoms with E-state index in [-0.39, 0.29) is 12.5 Å². The first-order chi connectivity index (χ1) is 15.1. The Hall–Kier alpha value is -2.97. The molecule has 166 valence electrons. The van der Waals surface area contributed by atoms with Gasteiger partial charge in [0.1, 0.15) is 19.3 Å². The lowest BCUT2D eigenvalue weighted by molar-refractivity contribution is -0.0812. The van der Waals surface area contributed by atoms with Gasteiger partial charge in [0.15, 0.2) is 23.0 Å². The van der Waals surface area contributed by atoms with Crippen LogP contribution in [0.3, 0.4) is 0 Å². The summed E-state index contributed by atoms with van der Waals surface area (Å²) >= 11 is 0. The van der Waals surface area contributed by atoms with Gasteiger partial charge in [0, 0.05) is 12.1 Å². The maximum atomic E-state index is 13.7. The molecule has 1 fully saturated rings. The van der Waals surface area contributed by atoms with Crippen LogP contribution in [-0.2, 0) is 4.74 Å². The van der Waals surface area contributed by atoms with E-state index in [9.17, 15) is 9.90 Å². The van der Waals surface area contributed by atoms with E-state index in [4.69, 9.17) is 23.7 Å². The number of aliphatic hydroxyl groups excluding tert-OH is 1. The van der Waals surface area contributed by atoms with Gasteiger partial charge in [-0.05, 0) is 42.3 Å². The molecule has 0 aromatic heterocycles. The molecule has 0 aliphatic carbocycles. The minimum atomic E-state index is -0.562. The van der Waals surface area contributed by atoms with Crippen molar-refractivity contribution in [3.05, 3.63) is 47.0 Å². The fraction of sp³-hybridized carbons (Fsp3) is 0.435. The number of methoxy groups -OCH3 is 2. The van der Waals surface area contributed by atoms with E-state index < -0.39 is 12.1 Å². The Labute approximate surface area is 181 Å². The Balaban J connectivity index is 1.73. The number of morpholine rings is 1. The van der Waals surface area contributed by atoms with Crippen molar-refractivity contribution in [2.24, 2.45) is 0 Å². The summed E-state index contributed by atoms with van der Waals surface area (Å²) in [6.45, 7) is 3.32. The van der Waals surface area contributed by atoms with Crippen molar-refractivity contribution in [1.29, 1.82) is 0 Å². The molecule has 2 aromatic rings. The first-order valence-electron chi connectivity index (χ1n) is 10.2. The molecule has 2 aliphatic rings. The summed E-state index contributed by atoms with van der Waals surface area (Å²) < 4.78 is 27.9. The highest BCUT2D eigenvalue weighted by Crippen LogP contribution is 2.38. The van der Waals surface area contributed by atoms with E-state index in [0.29, 0.717) is 54.9 Å². The second-order valence-electron chi connectivity index (χ2n) is 7.46. The van der Waals surface area contributed by atoms with Gasteiger partial charge in [-0.25, -0.2) is 0 Å². The van der Waals surface area contributed by atoms with Gasteiger partial charge in [0.25, 0.3) is 5.91 Å². The highest BCUT2D eigenvalue weighted by molar-refractivity contribution is 5.97. The number of aliphatic hydroxyl groups is 1. The first kappa shape index (κ1) is 21.3. The highest BCUT2D eigenvalue weighted by Gasteiger charge is 2.37. The van der Waals surface area contributed by atoms with Gasteiger partial charge in [-0.15, -0.1) is 0 Å². The van der Waals surface area contributed by atoms with Crippen LogP contribution in [0.5, 0.6) is 23.0 Å². The Kier molecular flexibility index (Phi) is 6.20. The van der Waals surface area contributed by atoms with Crippen LogP contribution in [0.15, 0.2) is 30.3 Å². The quantitative estimate of drug-likeness (QED) is 0.781. The Morgan fingerprint density at radius 1 is 1.06 bits per heavy atom. The third kappa shape index (κ3) is 4.00. The van der Waals surface area contributed by atoms with E-state index in [1.165, 1.54) is 0 Å². The smallest absolute Gasteiger partial charge is 0.254 e. The van der Waals surface area contributed by atoms with Gasteiger partial charge in [-0.3, -0.25) is 4.79 Å². The third-order valence-corrected chi connectivity index (χ3v) is 5.66. The Morgan fingerprint density at radius 2 is 1.77 bits per heavy atom. The number of carbonyl (C=O) groups is 1. The lowest BCUT2D eigenvalue weighted by Gasteiger charge is -2.41. The molecule has 4 rings (SSSR count). The maximum absolute atomic E-state index is 13.7. The average Bonchev–Trinajstić information content (AvgIpc) is 2.82. The minimum absolute atomic E-state index is 0.156. The zero-order valence-corrected chi connectivity index (χ0v) is 17.9. The molecule has 8 nitrogen and oxygen atoms in total. The molecule has 2 heterocycles. The molecule has 0 bridgehead atoms. The van der Waals surface area contributed by atoms with Crippen molar-refractivity contribution in [3.63, 3.8) is 0 Å². The van der Waals surface area contributed by atoms with Crippen LogP contribution in [0.1, 0.15) is 27.5 Å². The maximum Gasteiger partial charge on any atom is 0.254 e. The number of aryl methyl sites for hydroxylation is 1. The van der Waals surface area contributed by atoms with E-state index >= 15 is 0 Å². The predicted octanol–water partition coefficient (Wildman–Crippen LogP) is 2.36. The highest BCUT2D eigenvalue weighted by atomic mass is 16.6. The van der Waals surface area contributed by atoms with Crippen molar-refractivity contribution in [2.45, 2.75) is 19.1 Å². The predicted molar refractivity (Wildman–Crippen MR) is 112 cm³/mol. The molecule has 1 saturated heterocycles. The van der Waals surface area contributed by atoms with Crippen LogP contribution in [0.4, 0.5) is 0 Å². The van der Waals surface area contributed by atoms with Crippen molar-refractivity contribution in [1.82, 2.24) is 4.90 Å². The number of benzene rings is 2. The molecular formula is C23H27NO7. The van der Waals surface area contributed by atoms with Crippen LogP contribution in [-0.4, -0.2) is 69.2 Å². The summed E-state index contributed by atoms with van der Waals surface area (Å²) in [6.07, 6.45) is -0.562. The first-order valence-corrected chi connectivity index (χ1v) is 10.2. The Morgan fingerprint density at radius 3 is 2.45 bits per heavy atom. The molecule has 0 radical (unpaired) electrons. The molecule has 0 spiro atoms.